The third kappa shape index (κ3) is 6.29. The molecule has 0 aliphatic heterocycles. The first kappa shape index (κ1) is 17.7. The molecule has 1 atom stereocenters. The lowest BCUT2D eigenvalue weighted by molar-refractivity contribution is 0.0937. The Bertz CT molecular complexity index is 562. The molecule has 1 unspecified atom stereocenters. The molecule has 118 valence electrons. The van der Waals surface area contributed by atoms with Gasteiger partial charge < -0.3 is 5.32 Å². The van der Waals surface area contributed by atoms with E-state index in [1.165, 1.54) is 12.1 Å². The number of nitrogens with one attached hydrogen (secondary N) is 1. The van der Waals surface area contributed by atoms with Gasteiger partial charge in [-0.3, -0.25) is 4.79 Å². The first-order chi connectivity index (χ1) is 9.70. The third-order valence-electron chi connectivity index (χ3n) is 3.34. The average molecular weight is 311 g/mol. The van der Waals surface area contributed by atoms with Crippen LogP contribution in [0.1, 0.15) is 50.4 Å². The molecule has 0 aliphatic rings. The molecule has 0 bridgehead atoms. The van der Waals surface area contributed by atoms with Crippen molar-refractivity contribution >= 4 is 15.7 Å². The van der Waals surface area contributed by atoms with Crippen molar-refractivity contribution in [2.45, 2.75) is 51.0 Å². The number of rotatable bonds is 7. The van der Waals surface area contributed by atoms with Crippen molar-refractivity contribution in [1.29, 1.82) is 0 Å². The lowest BCUT2D eigenvalue weighted by Crippen LogP contribution is -2.32. The van der Waals surface area contributed by atoms with Gasteiger partial charge in [0.1, 0.15) is 0 Å². The molecule has 1 N–H and O–H groups in total. The van der Waals surface area contributed by atoms with Crippen molar-refractivity contribution in [3.63, 3.8) is 0 Å². The van der Waals surface area contributed by atoms with Gasteiger partial charge in [-0.25, -0.2) is 8.42 Å². The predicted octanol–water partition coefficient (Wildman–Crippen LogP) is 3.03. The normalized spacial score (nSPS) is 13.2. The Morgan fingerprint density at radius 3 is 2.14 bits per heavy atom. The molecular weight excluding hydrogens is 286 g/mol. The van der Waals surface area contributed by atoms with Gasteiger partial charge in [0.2, 0.25) is 0 Å². The van der Waals surface area contributed by atoms with Crippen LogP contribution < -0.4 is 5.32 Å². The lowest BCUT2D eigenvalue weighted by Gasteiger charge is -2.14. The number of carbonyl (C=O) groups is 1. The Hall–Kier alpha value is -1.36. The van der Waals surface area contributed by atoms with E-state index in [4.69, 9.17) is 0 Å². The summed E-state index contributed by atoms with van der Waals surface area (Å²) in [5.74, 6) is 0.517. The van der Waals surface area contributed by atoms with Crippen molar-refractivity contribution in [2.24, 2.45) is 5.92 Å². The van der Waals surface area contributed by atoms with Gasteiger partial charge in [-0.2, -0.15) is 0 Å². The highest BCUT2D eigenvalue weighted by Gasteiger charge is 2.12. The highest BCUT2D eigenvalue weighted by Crippen LogP contribution is 2.12. The van der Waals surface area contributed by atoms with Crippen LogP contribution in [0.5, 0.6) is 0 Å². The maximum absolute atomic E-state index is 12.1. The molecule has 1 aromatic rings. The zero-order valence-corrected chi connectivity index (χ0v) is 14.0. The van der Waals surface area contributed by atoms with Crippen LogP contribution in [0.2, 0.25) is 0 Å². The van der Waals surface area contributed by atoms with Gasteiger partial charge in [-0.05, 0) is 43.5 Å². The van der Waals surface area contributed by atoms with E-state index < -0.39 is 9.84 Å². The van der Waals surface area contributed by atoms with Crippen LogP contribution in [0.15, 0.2) is 29.2 Å². The Labute approximate surface area is 127 Å². The van der Waals surface area contributed by atoms with Crippen molar-refractivity contribution in [3.8, 4) is 0 Å². The molecule has 1 aromatic carbocycles. The van der Waals surface area contributed by atoms with Crippen molar-refractivity contribution in [2.75, 3.05) is 6.26 Å². The van der Waals surface area contributed by atoms with Crippen molar-refractivity contribution < 1.29 is 13.2 Å². The van der Waals surface area contributed by atoms with E-state index in [1.54, 1.807) is 12.1 Å². The average Bonchev–Trinajstić information content (AvgIpc) is 2.37. The molecule has 0 fully saturated rings. The van der Waals surface area contributed by atoms with Gasteiger partial charge in [-0.15, -0.1) is 0 Å². The summed E-state index contributed by atoms with van der Waals surface area (Å²) in [5.41, 5.74) is 0.484. The molecule has 1 amide bonds. The van der Waals surface area contributed by atoms with Crippen LogP contribution in [0, 0.1) is 5.92 Å². The fourth-order valence-electron chi connectivity index (χ4n) is 2.07. The minimum atomic E-state index is -3.22. The SMILES string of the molecule is CC(C)CCCC(C)NC(=O)c1ccc(S(C)(=O)=O)cc1. The summed E-state index contributed by atoms with van der Waals surface area (Å²) in [6, 6.07) is 6.14. The summed E-state index contributed by atoms with van der Waals surface area (Å²) < 4.78 is 22.7. The molecule has 0 aliphatic carbocycles. The van der Waals surface area contributed by atoms with Crippen LogP contribution >= 0.6 is 0 Å². The van der Waals surface area contributed by atoms with Crippen molar-refractivity contribution in [3.05, 3.63) is 29.8 Å². The van der Waals surface area contributed by atoms with Gasteiger partial charge in [0, 0.05) is 17.9 Å². The van der Waals surface area contributed by atoms with E-state index in [-0.39, 0.29) is 16.8 Å². The summed E-state index contributed by atoms with van der Waals surface area (Å²) in [5, 5.41) is 2.94. The molecule has 0 heterocycles. The summed E-state index contributed by atoms with van der Waals surface area (Å²) in [6.07, 6.45) is 4.35. The zero-order chi connectivity index (χ0) is 16.0. The summed E-state index contributed by atoms with van der Waals surface area (Å²) in [7, 11) is -3.22. The minimum Gasteiger partial charge on any atom is -0.350 e. The van der Waals surface area contributed by atoms with Crippen LogP contribution in [0.25, 0.3) is 0 Å². The molecule has 0 radical (unpaired) electrons. The number of amides is 1. The monoisotopic (exact) mass is 311 g/mol. The fraction of sp³-hybridized carbons (Fsp3) is 0.562. The number of sulfone groups is 1. The Morgan fingerprint density at radius 1 is 1.10 bits per heavy atom. The standard InChI is InChI=1S/C16H25NO3S/c1-12(2)6-5-7-13(3)17-16(18)14-8-10-15(11-9-14)21(4,19)20/h8-13H,5-7H2,1-4H3,(H,17,18). The number of hydrogen-bond acceptors (Lipinski definition) is 3. The van der Waals surface area contributed by atoms with E-state index in [9.17, 15) is 13.2 Å². The van der Waals surface area contributed by atoms with Gasteiger partial charge in [-0.1, -0.05) is 26.7 Å². The molecule has 5 heteroatoms. The maximum atomic E-state index is 12.1. The van der Waals surface area contributed by atoms with Gasteiger partial charge in [0.15, 0.2) is 9.84 Å². The highest BCUT2D eigenvalue weighted by molar-refractivity contribution is 7.90. The van der Waals surface area contributed by atoms with E-state index in [1.807, 2.05) is 6.92 Å². The van der Waals surface area contributed by atoms with Crippen LogP contribution in [0.3, 0.4) is 0 Å². The second kappa shape index (κ2) is 7.59. The topological polar surface area (TPSA) is 63.2 Å². The van der Waals surface area contributed by atoms with Crippen LogP contribution in [0.4, 0.5) is 0 Å². The minimum absolute atomic E-state index is 0.117. The largest absolute Gasteiger partial charge is 0.350 e. The summed E-state index contributed by atoms with van der Waals surface area (Å²) in [4.78, 5) is 12.3. The van der Waals surface area contributed by atoms with E-state index in [2.05, 4.69) is 19.2 Å². The number of carbonyl (C=O) groups excluding carboxylic acids is 1. The molecule has 0 aromatic heterocycles. The quantitative estimate of drug-likeness (QED) is 0.842. The Balaban J connectivity index is 2.56. The first-order valence-electron chi connectivity index (χ1n) is 7.31. The Kier molecular flexibility index (Phi) is 6.40. The molecule has 4 nitrogen and oxygen atoms in total. The van der Waals surface area contributed by atoms with Gasteiger partial charge in [0.25, 0.3) is 5.91 Å². The number of hydrogen-bond donors (Lipinski definition) is 1. The molecule has 1 rings (SSSR count). The molecule has 0 saturated carbocycles. The summed E-state index contributed by atoms with van der Waals surface area (Å²) in [6.45, 7) is 6.36. The zero-order valence-electron chi connectivity index (χ0n) is 13.2. The fourth-order valence-corrected chi connectivity index (χ4v) is 2.70. The molecular formula is C16H25NO3S. The van der Waals surface area contributed by atoms with E-state index >= 15 is 0 Å². The van der Waals surface area contributed by atoms with E-state index in [0.717, 1.165) is 25.5 Å². The maximum Gasteiger partial charge on any atom is 0.251 e. The molecule has 0 spiro atoms. The predicted molar refractivity (Wildman–Crippen MR) is 85.2 cm³/mol. The van der Waals surface area contributed by atoms with Gasteiger partial charge >= 0.3 is 0 Å². The third-order valence-corrected chi connectivity index (χ3v) is 4.47. The smallest absolute Gasteiger partial charge is 0.251 e. The first-order valence-corrected chi connectivity index (χ1v) is 9.20. The van der Waals surface area contributed by atoms with Crippen molar-refractivity contribution in [1.82, 2.24) is 5.32 Å². The van der Waals surface area contributed by atoms with Gasteiger partial charge in [0.05, 0.1) is 4.90 Å². The van der Waals surface area contributed by atoms with Crippen LogP contribution in [-0.2, 0) is 9.84 Å². The second-order valence-corrected chi connectivity index (χ2v) is 8.01. The Morgan fingerprint density at radius 2 is 1.67 bits per heavy atom. The van der Waals surface area contributed by atoms with E-state index in [0.29, 0.717) is 11.5 Å². The highest BCUT2D eigenvalue weighted by atomic mass is 32.2. The second-order valence-electron chi connectivity index (χ2n) is 6.00. The lowest BCUT2D eigenvalue weighted by atomic mass is 10.0. The molecule has 0 saturated heterocycles. The summed E-state index contributed by atoms with van der Waals surface area (Å²) >= 11 is 0. The molecule has 21 heavy (non-hydrogen) atoms. The van der Waals surface area contributed by atoms with Crippen LogP contribution in [-0.4, -0.2) is 26.6 Å². The number of benzene rings is 1.